The van der Waals surface area contributed by atoms with E-state index in [-0.39, 0.29) is 0 Å². The highest BCUT2D eigenvalue weighted by atomic mass is 79.9. The second-order valence-electron chi connectivity index (χ2n) is 7.97. The summed E-state index contributed by atoms with van der Waals surface area (Å²) < 4.78 is 2.09. The minimum absolute atomic E-state index is 0.421. The van der Waals surface area contributed by atoms with Crippen LogP contribution in [0.25, 0.3) is 11.1 Å². The Kier molecular flexibility index (Phi) is 13.6. The predicted molar refractivity (Wildman–Crippen MR) is 148 cm³/mol. The maximum Gasteiger partial charge on any atom is 0.0659 e. The van der Waals surface area contributed by atoms with Crippen LogP contribution in [0.3, 0.4) is 0 Å². The number of pyridine rings is 2. The number of hydrogen-bond acceptors (Lipinski definition) is 3. The second-order valence-corrected chi connectivity index (χ2v) is 9.80. The lowest BCUT2D eigenvalue weighted by molar-refractivity contribution is 0.403. The van der Waals surface area contributed by atoms with Gasteiger partial charge in [0.05, 0.1) is 11.4 Å². The molecule has 4 rings (SSSR count). The standard InChI is InChI=1S/C12H14BrN.C11H12BrN.C2H6.CH4S/c1-12(2)6-5-9(7-12)11-4-3-10(13)8-14-11;12-10-6-7-11(13-8-10)9-4-2-1-3-5-9;2*1-2/h3-5,8H,6-7H2,1-2H3;4,6-8H,1-3,5H2;1-2H3;2H,1H3. The van der Waals surface area contributed by atoms with Gasteiger partial charge in [-0.2, -0.15) is 12.6 Å². The van der Waals surface area contributed by atoms with Crippen LogP contribution in [0, 0.1) is 5.41 Å². The zero-order valence-corrected chi connectivity index (χ0v) is 23.5. The molecule has 5 heteroatoms. The third-order valence-corrected chi connectivity index (χ3v) is 5.91. The van der Waals surface area contributed by atoms with Gasteiger partial charge in [-0.15, -0.1) is 0 Å². The monoisotopic (exact) mass is 566 g/mol. The van der Waals surface area contributed by atoms with Gasteiger partial charge in [-0.25, -0.2) is 0 Å². The van der Waals surface area contributed by atoms with Gasteiger partial charge in [0.2, 0.25) is 0 Å². The summed E-state index contributed by atoms with van der Waals surface area (Å²) in [6.45, 7) is 8.60. The first-order valence-corrected chi connectivity index (χ1v) is 13.5. The third kappa shape index (κ3) is 10.0. The number of aromatic nitrogens is 2. The van der Waals surface area contributed by atoms with Crippen LogP contribution in [0.1, 0.15) is 77.6 Å². The summed E-state index contributed by atoms with van der Waals surface area (Å²) in [7, 11) is 0. The average molecular weight is 568 g/mol. The van der Waals surface area contributed by atoms with Crippen LogP contribution in [0.2, 0.25) is 0 Å². The first kappa shape index (κ1) is 28.1. The summed E-state index contributed by atoms with van der Waals surface area (Å²) in [5, 5.41) is 0. The molecule has 0 atom stereocenters. The van der Waals surface area contributed by atoms with Gasteiger partial charge in [0.15, 0.2) is 0 Å². The summed E-state index contributed by atoms with van der Waals surface area (Å²) in [6, 6.07) is 8.27. The molecule has 2 heterocycles. The molecule has 0 amide bonds. The molecular weight excluding hydrogens is 532 g/mol. The lowest BCUT2D eigenvalue weighted by Crippen LogP contribution is -2.04. The van der Waals surface area contributed by atoms with Crippen molar-refractivity contribution in [3.8, 4) is 0 Å². The maximum atomic E-state index is 4.41. The van der Waals surface area contributed by atoms with Crippen molar-refractivity contribution in [3.05, 3.63) is 69.1 Å². The summed E-state index contributed by atoms with van der Waals surface area (Å²) in [6.07, 6.45) is 17.4. The van der Waals surface area contributed by atoms with Crippen LogP contribution in [-0.2, 0) is 0 Å². The molecule has 2 aromatic rings. The summed E-state index contributed by atoms with van der Waals surface area (Å²) in [4.78, 5) is 8.80. The van der Waals surface area contributed by atoms with E-state index >= 15 is 0 Å². The van der Waals surface area contributed by atoms with Crippen molar-refractivity contribution in [2.75, 3.05) is 6.26 Å². The summed E-state index contributed by atoms with van der Waals surface area (Å²) >= 11 is 10.3. The average Bonchev–Trinajstić information content (AvgIpc) is 3.18. The minimum Gasteiger partial charge on any atom is -0.255 e. The Labute approximate surface area is 211 Å². The number of hydrogen-bond donors (Lipinski definition) is 1. The van der Waals surface area contributed by atoms with Gasteiger partial charge in [-0.1, -0.05) is 39.8 Å². The van der Waals surface area contributed by atoms with Gasteiger partial charge in [0.25, 0.3) is 0 Å². The highest BCUT2D eigenvalue weighted by Crippen LogP contribution is 2.40. The molecule has 0 spiro atoms. The molecule has 0 aromatic carbocycles. The molecule has 31 heavy (non-hydrogen) atoms. The van der Waals surface area contributed by atoms with E-state index in [1.165, 1.54) is 43.3 Å². The van der Waals surface area contributed by atoms with E-state index in [1.807, 2.05) is 26.2 Å². The Bertz CT molecular complexity index is 825. The van der Waals surface area contributed by atoms with Crippen molar-refractivity contribution < 1.29 is 0 Å². The van der Waals surface area contributed by atoms with Crippen LogP contribution >= 0.6 is 44.5 Å². The van der Waals surface area contributed by atoms with Crippen LogP contribution in [0.4, 0.5) is 0 Å². The molecule has 0 unspecified atom stereocenters. The zero-order valence-electron chi connectivity index (χ0n) is 19.5. The van der Waals surface area contributed by atoms with Gasteiger partial charge >= 0.3 is 0 Å². The van der Waals surface area contributed by atoms with Crippen LogP contribution in [-0.4, -0.2) is 16.2 Å². The van der Waals surface area contributed by atoms with Gasteiger partial charge in [-0.05, 0) is 117 Å². The molecule has 0 fully saturated rings. The predicted octanol–water partition coefficient (Wildman–Crippen LogP) is 9.42. The lowest BCUT2D eigenvalue weighted by Gasteiger charge is -2.16. The molecule has 2 aliphatic rings. The third-order valence-electron chi connectivity index (χ3n) is 4.97. The van der Waals surface area contributed by atoms with Crippen molar-refractivity contribution in [1.29, 1.82) is 0 Å². The molecular formula is C26H36Br2N2S. The number of allylic oxidation sites excluding steroid dienone is 4. The summed E-state index contributed by atoms with van der Waals surface area (Å²) in [5.41, 5.74) is 5.49. The van der Waals surface area contributed by atoms with Crippen LogP contribution < -0.4 is 0 Å². The largest absolute Gasteiger partial charge is 0.255 e. The smallest absolute Gasteiger partial charge is 0.0659 e. The first-order chi connectivity index (χ1) is 14.9. The fourth-order valence-corrected chi connectivity index (χ4v) is 3.93. The molecule has 2 aliphatic carbocycles. The van der Waals surface area contributed by atoms with Crippen LogP contribution in [0.15, 0.2) is 57.8 Å². The van der Waals surface area contributed by atoms with Crippen LogP contribution in [0.5, 0.6) is 0 Å². The van der Waals surface area contributed by atoms with Crippen molar-refractivity contribution in [2.24, 2.45) is 5.41 Å². The molecule has 0 N–H and O–H groups in total. The Hall–Kier alpha value is -0.910. The SMILES string of the molecule is Brc1ccc(C2=CCCCC2)nc1.CC.CC1(C)CC=C(c2ccc(Br)cn2)C1.CS. The fraction of sp³-hybridized carbons (Fsp3) is 0.462. The number of rotatable bonds is 2. The van der Waals surface area contributed by atoms with E-state index in [4.69, 9.17) is 0 Å². The van der Waals surface area contributed by atoms with E-state index in [9.17, 15) is 0 Å². The summed E-state index contributed by atoms with van der Waals surface area (Å²) in [5.74, 6) is 0. The Morgan fingerprint density at radius 1 is 0.806 bits per heavy atom. The van der Waals surface area contributed by atoms with Crippen molar-refractivity contribution in [3.63, 3.8) is 0 Å². The van der Waals surface area contributed by atoms with E-state index in [0.29, 0.717) is 5.41 Å². The van der Waals surface area contributed by atoms with Gasteiger partial charge in [0.1, 0.15) is 0 Å². The number of nitrogens with zero attached hydrogens (tertiary/aromatic N) is 2. The molecule has 0 aliphatic heterocycles. The Morgan fingerprint density at radius 2 is 1.35 bits per heavy atom. The highest BCUT2D eigenvalue weighted by molar-refractivity contribution is 9.10. The van der Waals surface area contributed by atoms with E-state index in [1.54, 1.807) is 6.26 Å². The van der Waals surface area contributed by atoms with Gasteiger partial charge in [0, 0.05) is 21.3 Å². The molecule has 2 nitrogen and oxygen atoms in total. The van der Waals surface area contributed by atoms with E-state index < -0.39 is 0 Å². The van der Waals surface area contributed by atoms with Crippen molar-refractivity contribution >= 4 is 55.6 Å². The molecule has 0 radical (unpaired) electrons. The van der Waals surface area contributed by atoms with Gasteiger partial charge < -0.3 is 0 Å². The normalized spacial score (nSPS) is 16.3. The Balaban J connectivity index is 0.000000268. The maximum absolute atomic E-state index is 4.41. The highest BCUT2D eigenvalue weighted by Gasteiger charge is 2.25. The minimum atomic E-state index is 0.421. The van der Waals surface area contributed by atoms with E-state index in [2.05, 4.69) is 105 Å². The molecule has 0 saturated heterocycles. The quantitative estimate of drug-likeness (QED) is 0.365. The fourth-order valence-electron chi connectivity index (χ4n) is 3.46. The Morgan fingerprint density at radius 3 is 1.74 bits per heavy atom. The van der Waals surface area contributed by atoms with Crippen molar-refractivity contribution in [1.82, 2.24) is 9.97 Å². The molecule has 0 saturated carbocycles. The number of halogens is 2. The van der Waals surface area contributed by atoms with Gasteiger partial charge in [-0.3, -0.25) is 9.97 Å². The zero-order chi connectivity index (χ0) is 23.3. The molecule has 2 aromatic heterocycles. The molecule has 170 valence electrons. The van der Waals surface area contributed by atoms with E-state index in [0.717, 1.165) is 26.8 Å². The van der Waals surface area contributed by atoms with Crippen molar-refractivity contribution in [2.45, 2.75) is 66.2 Å². The first-order valence-electron chi connectivity index (χ1n) is 11.0. The topological polar surface area (TPSA) is 25.8 Å². The molecule has 0 bridgehead atoms. The lowest BCUT2D eigenvalue weighted by atomic mass is 9.89. The second kappa shape index (κ2) is 15.0. The number of thiol groups is 1.